The Hall–Kier alpha value is -0.575. The van der Waals surface area contributed by atoms with Gasteiger partial charge >= 0.3 is 7.12 Å². The maximum Gasteiger partial charge on any atom is 0.487 e. The van der Waals surface area contributed by atoms with Crippen molar-refractivity contribution in [3.05, 3.63) is 39.8 Å². The Balaban J connectivity index is 1.88. The Bertz CT molecular complexity index is 562. The van der Waals surface area contributed by atoms with Gasteiger partial charge in [-0.25, -0.2) is 0 Å². The molecule has 0 aromatic heterocycles. The molecule has 0 unspecified atom stereocenters. The second kappa shape index (κ2) is 4.72. The number of hydrogen-bond acceptors (Lipinski definition) is 2. The first-order chi connectivity index (χ1) is 9.28. The fraction of sp³-hybridized carbons (Fsp3) is 0.500. The van der Waals surface area contributed by atoms with Crippen molar-refractivity contribution in [1.82, 2.24) is 0 Å². The van der Waals surface area contributed by atoms with E-state index < -0.39 is 0 Å². The molecule has 0 radical (unpaired) electrons. The molecule has 1 aliphatic heterocycles. The Morgan fingerprint density at radius 1 is 1.10 bits per heavy atom. The van der Waals surface area contributed by atoms with E-state index in [1.54, 1.807) is 0 Å². The van der Waals surface area contributed by atoms with Gasteiger partial charge in [0.25, 0.3) is 0 Å². The summed E-state index contributed by atoms with van der Waals surface area (Å²) < 4.78 is 13.2. The number of aryl methyl sites for hydroxylation is 1. The van der Waals surface area contributed by atoms with E-state index in [1.165, 1.54) is 16.7 Å². The van der Waals surface area contributed by atoms with Crippen molar-refractivity contribution in [2.45, 2.75) is 51.7 Å². The molecule has 106 valence electrons. The van der Waals surface area contributed by atoms with Gasteiger partial charge < -0.3 is 9.31 Å². The van der Waals surface area contributed by atoms with Gasteiger partial charge in [0.1, 0.15) is 0 Å². The standard InChI is InChI=1S/C16H20BBrO2/c1-15(2)16(3,4)20-17(19-15)10-12-6-5-11-7-8-13(18)9-14(11)12/h7-10H,5-6H2,1-4H3/b12-10-. The highest BCUT2D eigenvalue weighted by atomic mass is 79.9. The van der Waals surface area contributed by atoms with Crippen LogP contribution in [0.2, 0.25) is 0 Å². The van der Waals surface area contributed by atoms with Crippen LogP contribution in [0.25, 0.3) is 5.57 Å². The van der Waals surface area contributed by atoms with Crippen LogP contribution in [-0.2, 0) is 15.7 Å². The molecule has 2 nitrogen and oxygen atoms in total. The van der Waals surface area contributed by atoms with Crippen LogP contribution in [0.5, 0.6) is 0 Å². The summed E-state index contributed by atoms with van der Waals surface area (Å²) in [5.74, 6) is 2.15. The van der Waals surface area contributed by atoms with Crippen molar-refractivity contribution in [1.29, 1.82) is 0 Å². The molecular weight excluding hydrogens is 315 g/mol. The minimum Gasteiger partial charge on any atom is -0.400 e. The van der Waals surface area contributed by atoms with Crippen LogP contribution in [-0.4, -0.2) is 18.3 Å². The number of benzene rings is 1. The molecule has 0 N–H and O–H groups in total. The third-order valence-electron chi connectivity index (χ3n) is 4.69. The summed E-state index contributed by atoms with van der Waals surface area (Å²) in [6.45, 7) is 8.35. The highest BCUT2D eigenvalue weighted by Crippen LogP contribution is 2.39. The van der Waals surface area contributed by atoms with E-state index in [1.807, 2.05) is 0 Å². The minimum absolute atomic E-state index is 0.250. The molecule has 1 aromatic carbocycles. The van der Waals surface area contributed by atoms with Crippen LogP contribution in [0.3, 0.4) is 0 Å². The molecule has 0 amide bonds. The van der Waals surface area contributed by atoms with E-state index in [-0.39, 0.29) is 18.3 Å². The lowest BCUT2D eigenvalue weighted by molar-refractivity contribution is 0.00578. The molecular formula is C16H20BBrO2. The van der Waals surface area contributed by atoms with Crippen LogP contribution in [0.1, 0.15) is 45.2 Å². The first kappa shape index (κ1) is 14.4. The fourth-order valence-corrected chi connectivity index (χ4v) is 3.12. The zero-order valence-corrected chi connectivity index (χ0v) is 14.1. The Labute approximate surface area is 129 Å². The largest absolute Gasteiger partial charge is 0.487 e. The van der Waals surface area contributed by atoms with E-state index >= 15 is 0 Å². The Kier molecular flexibility index (Phi) is 3.39. The van der Waals surface area contributed by atoms with Gasteiger partial charge in [0.15, 0.2) is 0 Å². The molecule has 20 heavy (non-hydrogen) atoms. The smallest absolute Gasteiger partial charge is 0.400 e. The average Bonchev–Trinajstić information content (AvgIpc) is 2.79. The number of fused-ring (bicyclic) bond motifs is 1. The third-order valence-corrected chi connectivity index (χ3v) is 5.18. The van der Waals surface area contributed by atoms with Crippen molar-refractivity contribution in [3.8, 4) is 0 Å². The summed E-state index contributed by atoms with van der Waals surface area (Å²) in [5.41, 5.74) is 3.53. The van der Waals surface area contributed by atoms with Gasteiger partial charge in [-0.05, 0) is 69.4 Å². The predicted molar refractivity (Wildman–Crippen MR) is 86.5 cm³/mol. The van der Waals surface area contributed by atoms with Crippen LogP contribution in [0.15, 0.2) is 28.6 Å². The van der Waals surface area contributed by atoms with Gasteiger partial charge in [-0.15, -0.1) is 0 Å². The number of allylic oxidation sites excluding steroid dienone is 1. The van der Waals surface area contributed by atoms with Gasteiger partial charge in [0, 0.05) is 4.47 Å². The van der Waals surface area contributed by atoms with Gasteiger partial charge in [-0.2, -0.15) is 0 Å². The second-order valence-electron chi connectivity index (χ2n) is 6.62. The lowest BCUT2D eigenvalue weighted by Gasteiger charge is -2.32. The molecule has 0 atom stereocenters. The van der Waals surface area contributed by atoms with Crippen molar-refractivity contribution in [2.75, 3.05) is 0 Å². The lowest BCUT2D eigenvalue weighted by Crippen LogP contribution is -2.41. The highest BCUT2D eigenvalue weighted by molar-refractivity contribution is 9.10. The average molecular weight is 335 g/mol. The van der Waals surface area contributed by atoms with Crippen molar-refractivity contribution < 1.29 is 9.31 Å². The monoisotopic (exact) mass is 334 g/mol. The summed E-state index contributed by atoms with van der Waals surface area (Å²) in [6.07, 6.45) is 2.17. The second-order valence-corrected chi connectivity index (χ2v) is 7.53. The predicted octanol–water partition coefficient (Wildman–Crippen LogP) is 4.41. The van der Waals surface area contributed by atoms with Crippen molar-refractivity contribution in [2.24, 2.45) is 0 Å². The maximum absolute atomic E-state index is 6.06. The van der Waals surface area contributed by atoms with Crippen LogP contribution >= 0.6 is 15.9 Å². The first-order valence-corrected chi connectivity index (χ1v) is 7.93. The Morgan fingerprint density at radius 2 is 1.75 bits per heavy atom. The van der Waals surface area contributed by atoms with Crippen LogP contribution in [0.4, 0.5) is 0 Å². The SMILES string of the molecule is CC1(C)OB(/C=C2/CCc3ccc(Br)cc32)OC1(C)C. The van der Waals surface area contributed by atoms with Crippen LogP contribution < -0.4 is 0 Å². The quantitative estimate of drug-likeness (QED) is 0.708. The molecule has 1 aliphatic carbocycles. The van der Waals surface area contributed by atoms with Gasteiger partial charge in [-0.3, -0.25) is 0 Å². The van der Waals surface area contributed by atoms with E-state index in [9.17, 15) is 0 Å². The third kappa shape index (κ3) is 2.38. The highest BCUT2D eigenvalue weighted by Gasteiger charge is 2.50. The molecule has 4 heteroatoms. The summed E-state index contributed by atoms with van der Waals surface area (Å²) in [5, 5.41) is 0. The number of hydrogen-bond donors (Lipinski definition) is 0. The summed E-state index contributed by atoms with van der Waals surface area (Å²) >= 11 is 3.55. The molecule has 1 fully saturated rings. The summed E-state index contributed by atoms with van der Waals surface area (Å²) in [6, 6.07) is 6.50. The topological polar surface area (TPSA) is 18.5 Å². The van der Waals surface area contributed by atoms with Crippen LogP contribution in [0, 0.1) is 0 Å². The molecule has 1 heterocycles. The summed E-state index contributed by atoms with van der Waals surface area (Å²) in [7, 11) is -0.250. The zero-order valence-electron chi connectivity index (χ0n) is 12.5. The molecule has 0 saturated carbocycles. The van der Waals surface area contributed by atoms with E-state index in [0.717, 1.165) is 17.3 Å². The molecule has 0 spiro atoms. The first-order valence-electron chi connectivity index (χ1n) is 7.14. The maximum atomic E-state index is 6.06. The zero-order chi connectivity index (χ0) is 14.5. The molecule has 3 rings (SSSR count). The normalized spacial score (nSPS) is 25.2. The minimum atomic E-state index is -0.270. The lowest BCUT2D eigenvalue weighted by atomic mass is 9.85. The number of rotatable bonds is 1. The van der Waals surface area contributed by atoms with Gasteiger partial charge in [-0.1, -0.05) is 28.0 Å². The molecule has 2 aliphatic rings. The van der Waals surface area contributed by atoms with Crippen molar-refractivity contribution >= 4 is 28.6 Å². The molecule has 1 aromatic rings. The fourth-order valence-electron chi connectivity index (χ4n) is 2.76. The van der Waals surface area contributed by atoms with E-state index in [0.29, 0.717) is 0 Å². The van der Waals surface area contributed by atoms with E-state index in [2.05, 4.69) is 67.8 Å². The molecule has 0 bridgehead atoms. The molecule has 1 saturated heterocycles. The van der Waals surface area contributed by atoms with Gasteiger partial charge in [0.05, 0.1) is 11.2 Å². The number of halogens is 1. The van der Waals surface area contributed by atoms with Crippen molar-refractivity contribution in [3.63, 3.8) is 0 Å². The summed E-state index contributed by atoms with van der Waals surface area (Å²) in [4.78, 5) is 0. The Morgan fingerprint density at radius 3 is 2.40 bits per heavy atom. The van der Waals surface area contributed by atoms with E-state index in [4.69, 9.17) is 9.31 Å². The van der Waals surface area contributed by atoms with Gasteiger partial charge in [0.2, 0.25) is 0 Å².